The molecule has 0 unspecified atom stereocenters. The zero-order valence-electron chi connectivity index (χ0n) is 17.0. The van der Waals surface area contributed by atoms with Gasteiger partial charge in [0.2, 0.25) is 5.91 Å². The molecule has 0 aliphatic rings. The number of rotatable bonds is 7. The van der Waals surface area contributed by atoms with E-state index in [1.807, 2.05) is 55.6 Å². The quantitative estimate of drug-likeness (QED) is 0.497. The number of fused-ring (bicyclic) bond motifs is 1. The number of aryl methyl sites for hydroxylation is 3. The molecule has 0 aliphatic heterocycles. The van der Waals surface area contributed by atoms with E-state index >= 15 is 0 Å². The molecule has 0 radical (unpaired) electrons. The lowest BCUT2D eigenvalue weighted by atomic mass is 10.2. The molecule has 4 rings (SSSR count). The zero-order chi connectivity index (χ0) is 21.1. The number of thiophene rings is 1. The molecule has 8 heteroatoms. The summed E-state index contributed by atoms with van der Waals surface area (Å²) in [5.74, 6) is -0.0935. The van der Waals surface area contributed by atoms with E-state index in [4.69, 9.17) is 0 Å². The molecule has 0 aliphatic carbocycles. The van der Waals surface area contributed by atoms with Crippen molar-refractivity contribution in [2.45, 2.75) is 33.2 Å². The Morgan fingerprint density at radius 2 is 1.90 bits per heavy atom. The molecular formula is C22H23N5O2S. The van der Waals surface area contributed by atoms with Crippen molar-refractivity contribution < 1.29 is 4.79 Å². The maximum absolute atomic E-state index is 13.0. The van der Waals surface area contributed by atoms with E-state index in [-0.39, 0.29) is 24.4 Å². The first-order valence-corrected chi connectivity index (χ1v) is 10.7. The van der Waals surface area contributed by atoms with Crippen LogP contribution in [0.5, 0.6) is 0 Å². The van der Waals surface area contributed by atoms with Crippen LogP contribution in [-0.2, 0) is 17.8 Å². The number of carbonyl (C=O) groups excluding carboxylic acids is 1. The zero-order valence-corrected chi connectivity index (χ0v) is 17.8. The van der Waals surface area contributed by atoms with Crippen molar-refractivity contribution in [2.75, 3.05) is 6.54 Å². The summed E-state index contributed by atoms with van der Waals surface area (Å²) in [6.07, 6.45) is 1.00. The van der Waals surface area contributed by atoms with Gasteiger partial charge in [-0.1, -0.05) is 24.3 Å². The molecule has 0 atom stereocenters. The number of nitrogens with zero attached hydrogens (tertiary/aromatic N) is 4. The Bertz CT molecular complexity index is 1230. The Labute approximate surface area is 178 Å². The lowest BCUT2D eigenvalue weighted by molar-refractivity contribution is -0.121. The van der Waals surface area contributed by atoms with Gasteiger partial charge in [-0.2, -0.15) is 10.2 Å². The van der Waals surface area contributed by atoms with E-state index in [0.717, 1.165) is 28.9 Å². The fourth-order valence-electron chi connectivity index (χ4n) is 3.53. The van der Waals surface area contributed by atoms with E-state index in [9.17, 15) is 9.59 Å². The Balaban J connectivity index is 1.50. The fourth-order valence-corrected chi connectivity index (χ4v) is 4.24. The summed E-state index contributed by atoms with van der Waals surface area (Å²) in [6, 6.07) is 13.7. The summed E-state index contributed by atoms with van der Waals surface area (Å²) in [5.41, 5.74) is 2.59. The molecule has 3 heterocycles. The van der Waals surface area contributed by atoms with E-state index < -0.39 is 0 Å². The van der Waals surface area contributed by atoms with Gasteiger partial charge in [-0.05, 0) is 43.8 Å². The molecule has 4 aromatic rings. The molecule has 1 N–H and O–H groups in total. The molecule has 1 aromatic carbocycles. The van der Waals surface area contributed by atoms with Gasteiger partial charge in [-0.3, -0.25) is 9.59 Å². The third-order valence-electron chi connectivity index (χ3n) is 5.01. The van der Waals surface area contributed by atoms with Gasteiger partial charge in [0.05, 0.1) is 29.0 Å². The van der Waals surface area contributed by atoms with Crippen LogP contribution in [0.15, 0.2) is 52.6 Å². The number of benzene rings is 1. The van der Waals surface area contributed by atoms with Crippen LogP contribution >= 0.6 is 11.3 Å². The van der Waals surface area contributed by atoms with Crippen LogP contribution in [0.25, 0.3) is 16.6 Å². The Kier molecular flexibility index (Phi) is 5.76. The average molecular weight is 422 g/mol. The van der Waals surface area contributed by atoms with Crippen molar-refractivity contribution in [3.8, 4) is 5.69 Å². The molecule has 1 amide bonds. The highest BCUT2D eigenvalue weighted by Crippen LogP contribution is 2.20. The summed E-state index contributed by atoms with van der Waals surface area (Å²) in [6.45, 7) is 4.60. The van der Waals surface area contributed by atoms with E-state index in [1.54, 1.807) is 16.0 Å². The number of nitrogens with one attached hydrogen (secondary N) is 1. The Morgan fingerprint density at radius 1 is 1.10 bits per heavy atom. The van der Waals surface area contributed by atoms with Crippen molar-refractivity contribution in [3.05, 3.63) is 74.5 Å². The average Bonchev–Trinajstić information content (AvgIpc) is 3.38. The smallest absolute Gasteiger partial charge is 0.295 e. The predicted molar refractivity (Wildman–Crippen MR) is 118 cm³/mol. The van der Waals surface area contributed by atoms with Crippen molar-refractivity contribution >= 4 is 28.1 Å². The summed E-state index contributed by atoms with van der Waals surface area (Å²) in [4.78, 5) is 26.4. The summed E-state index contributed by atoms with van der Waals surface area (Å²) < 4.78 is 3.11. The van der Waals surface area contributed by atoms with E-state index in [2.05, 4.69) is 21.6 Å². The first-order chi connectivity index (χ1) is 14.5. The van der Waals surface area contributed by atoms with Crippen LogP contribution in [0.4, 0.5) is 0 Å². The number of hydrogen-bond acceptors (Lipinski definition) is 5. The topological polar surface area (TPSA) is 81.8 Å². The predicted octanol–water partition coefficient (Wildman–Crippen LogP) is 3.01. The molecule has 30 heavy (non-hydrogen) atoms. The minimum Gasteiger partial charge on any atom is -0.356 e. The van der Waals surface area contributed by atoms with Crippen LogP contribution in [0.3, 0.4) is 0 Å². The first kappa shape index (κ1) is 20.0. The van der Waals surface area contributed by atoms with Gasteiger partial charge in [0.25, 0.3) is 5.56 Å². The second-order valence-electron chi connectivity index (χ2n) is 7.10. The molecule has 0 fully saturated rings. The highest BCUT2D eigenvalue weighted by molar-refractivity contribution is 7.09. The van der Waals surface area contributed by atoms with E-state index in [0.29, 0.717) is 12.1 Å². The van der Waals surface area contributed by atoms with Crippen molar-refractivity contribution in [1.29, 1.82) is 0 Å². The third-order valence-corrected chi connectivity index (χ3v) is 5.95. The lowest BCUT2D eigenvalue weighted by Crippen LogP contribution is -2.30. The van der Waals surface area contributed by atoms with Gasteiger partial charge in [0.15, 0.2) is 5.52 Å². The second-order valence-corrected chi connectivity index (χ2v) is 8.13. The van der Waals surface area contributed by atoms with Gasteiger partial charge < -0.3 is 5.32 Å². The van der Waals surface area contributed by atoms with Crippen LogP contribution in [-0.4, -0.2) is 32.0 Å². The van der Waals surface area contributed by atoms with Crippen LogP contribution in [0.1, 0.15) is 22.7 Å². The summed E-state index contributed by atoms with van der Waals surface area (Å²) in [7, 11) is 0. The van der Waals surface area contributed by atoms with Crippen molar-refractivity contribution in [1.82, 2.24) is 24.9 Å². The standard InChI is InChI=1S/C22H23N5O2S/c1-15-20-16(2)27(17-7-4-3-5-8-17)25-21(20)22(29)26(24-15)13-11-19(28)23-12-10-18-9-6-14-30-18/h3-9,14H,10-13H2,1-2H3,(H,23,28). The summed E-state index contributed by atoms with van der Waals surface area (Å²) >= 11 is 1.68. The van der Waals surface area contributed by atoms with Crippen LogP contribution < -0.4 is 10.9 Å². The van der Waals surface area contributed by atoms with Crippen molar-refractivity contribution in [3.63, 3.8) is 0 Å². The van der Waals surface area contributed by atoms with Gasteiger partial charge in [0.1, 0.15) is 0 Å². The Hall–Kier alpha value is -3.26. The second kappa shape index (κ2) is 8.62. The van der Waals surface area contributed by atoms with Crippen LogP contribution in [0.2, 0.25) is 0 Å². The molecule has 0 spiro atoms. The minimum atomic E-state index is -0.278. The first-order valence-electron chi connectivity index (χ1n) is 9.86. The van der Waals surface area contributed by atoms with Gasteiger partial charge in [-0.25, -0.2) is 9.36 Å². The highest BCUT2D eigenvalue weighted by atomic mass is 32.1. The highest BCUT2D eigenvalue weighted by Gasteiger charge is 2.17. The number of para-hydroxylation sites is 1. The number of amides is 1. The van der Waals surface area contributed by atoms with Gasteiger partial charge >= 0.3 is 0 Å². The maximum Gasteiger partial charge on any atom is 0.295 e. The fraction of sp³-hybridized carbons (Fsp3) is 0.273. The maximum atomic E-state index is 13.0. The molecule has 0 bridgehead atoms. The van der Waals surface area contributed by atoms with Crippen LogP contribution in [0, 0.1) is 13.8 Å². The Morgan fingerprint density at radius 3 is 2.63 bits per heavy atom. The number of carbonyl (C=O) groups is 1. The number of hydrogen-bond donors (Lipinski definition) is 1. The van der Waals surface area contributed by atoms with Gasteiger partial charge in [-0.15, -0.1) is 11.3 Å². The molecular weight excluding hydrogens is 398 g/mol. The molecule has 7 nitrogen and oxygen atoms in total. The summed E-state index contributed by atoms with van der Waals surface area (Å²) in [5, 5.41) is 14.7. The normalized spacial score (nSPS) is 11.1. The molecule has 3 aromatic heterocycles. The largest absolute Gasteiger partial charge is 0.356 e. The molecule has 0 saturated carbocycles. The third kappa shape index (κ3) is 4.04. The van der Waals surface area contributed by atoms with E-state index in [1.165, 1.54) is 9.56 Å². The lowest BCUT2D eigenvalue weighted by Gasteiger charge is -2.07. The van der Waals surface area contributed by atoms with Crippen molar-refractivity contribution in [2.24, 2.45) is 0 Å². The SMILES string of the molecule is Cc1nn(CCC(=O)NCCc2cccs2)c(=O)c2nn(-c3ccccc3)c(C)c12. The van der Waals surface area contributed by atoms with Gasteiger partial charge in [0, 0.05) is 17.8 Å². The number of aromatic nitrogens is 4. The molecule has 0 saturated heterocycles. The monoisotopic (exact) mass is 421 g/mol. The minimum absolute atomic E-state index is 0.0935. The molecule has 154 valence electrons.